The predicted octanol–water partition coefficient (Wildman–Crippen LogP) is 5.56. The standard InChI is InChI=1S/C14H8BrF5N2S/c15-9-5-7(16)6-10(17)12(9)22-13(23)21-11-4-2-1-3-8(11)14(18,19)20/h1-6H,(H2,21,22,23). The van der Waals surface area contributed by atoms with E-state index in [2.05, 4.69) is 26.6 Å². The Morgan fingerprint density at radius 2 is 1.70 bits per heavy atom. The summed E-state index contributed by atoms with van der Waals surface area (Å²) in [5.41, 5.74) is -1.38. The van der Waals surface area contributed by atoms with Crippen molar-refractivity contribution in [3.8, 4) is 0 Å². The second-order valence-electron chi connectivity index (χ2n) is 4.37. The van der Waals surface area contributed by atoms with Crippen LogP contribution in [0.1, 0.15) is 5.56 Å². The van der Waals surface area contributed by atoms with Gasteiger partial charge in [-0.3, -0.25) is 0 Å². The minimum absolute atomic E-state index is 0.0447. The molecule has 0 bridgehead atoms. The molecule has 0 spiro atoms. The number of anilines is 2. The number of alkyl halides is 3. The van der Waals surface area contributed by atoms with Gasteiger partial charge in [-0.25, -0.2) is 8.78 Å². The third kappa shape index (κ3) is 4.38. The van der Waals surface area contributed by atoms with Crippen LogP contribution in [0.5, 0.6) is 0 Å². The Morgan fingerprint density at radius 3 is 2.30 bits per heavy atom. The van der Waals surface area contributed by atoms with E-state index in [-0.39, 0.29) is 21.0 Å². The van der Waals surface area contributed by atoms with Crippen molar-refractivity contribution in [3.05, 3.63) is 58.1 Å². The lowest BCUT2D eigenvalue weighted by Crippen LogP contribution is -2.22. The van der Waals surface area contributed by atoms with Crippen molar-refractivity contribution in [2.75, 3.05) is 10.6 Å². The Kier molecular flexibility index (Phi) is 5.20. The Bertz CT molecular complexity index is 725. The van der Waals surface area contributed by atoms with Gasteiger partial charge in [0.25, 0.3) is 0 Å². The Labute approximate surface area is 141 Å². The summed E-state index contributed by atoms with van der Waals surface area (Å²) >= 11 is 7.83. The van der Waals surface area contributed by atoms with Crippen LogP contribution in [0.3, 0.4) is 0 Å². The second-order valence-corrected chi connectivity index (χ2v) is 5.63. The molecule has 0 aromatic heterocycles. The monoisotopic (exact) mass is 410 g/mol. The zero-order valence-corrected chi connectivity index (χ0v) is 13.5. The van der Waals surface area contributed by atoms with E-state index in [1.807, 2.05) is 0 Å². The highest BCUT2D eigenvalue weighted by molar-refractivity contribution is 9.10. The van der Waals surface area contributed by atoms with Gasteiger partial charge < -0.3 is 10.6 Å². The van der Waals surface area contributed by atoms with E-state index in [9.17, 15) is 22.0 Å². The molecule has 2 aromatic rings. The molecule has 0 aliphatic carbocycles. The molecule has 0 saturated heterocycles. The Hall–Kier alpha value is -1.74. The Balaban J connectivity index is 2.22. The van der Waals surface area contributed by atoms with Gasteiger partial charge in [0, 0.05) is 10.5 Å². The van der Waals surface area contributed by atoms with E-state index >= 15 is 0 Å². The molecule has 2 aromatic carbocycles. The first-order chi connectivity index (χ1) is 10.7. The summed E-state index contributed by atoms with van der Waals surface area (Å²) in [6.45, 7) is 0. The third-order valence-electron chi connectivity index (χ3n) is 2.73. The second kappa shape index (κ2) is 6.79. The molecule has 0 fully saturated rings. The van der Waals surface area contributed by atoms with Gasteiger partial charge in [-0.15, -0.1) is 0 Å². The van der Waals surface area contributed by atoms with Gasteiger partial charge in [0.15, 0.2) is 10.9 Å². The van der Waals surface area contributed by atoms with Gasteiger partial charge in [0.2, 0.25) is 0 Å². The smallest absolute Gasteiger partial charge is 0.332 e. The normalized spacial score (nSPS) is 11.2. The number of nitrogens with one attached hydrogen (secondary N) is 2. The lowest BCUT2D eigenvalue weighted by Gasteiger charge is -2.16. The average molecular weight is 411 g/mol. The molecule has 23 heavy (non-hydrogen) atoms. The average Bonchev–Trinajstić information content (AvgIpc) is 2.42. The van der Waals surface area contributed by atoms with E-state index in [0.717, 1.165) is 12.1 Å². The highest BCUT2D eigenvalue weighted by Crippen LogP contribution is 2.34. The number of para-hydroxylation sites is 1. The van der Waals surface area contributed by atoms with Gasteiger partial charge in [0.05, 0.1) is 16.9 Å². The molecule has 0 aliphatic heterocycles. The van der Waals surface area contributed by atoms with Crippen molar-refractivity contribution in [2.45, 2.75) is 6.18 Å². The van der Waals surface area contributed by atoms with Gasteiger partial charge in [-0.05, 0) is 46.3 Å². The molecule has 2 rings (SSSR count). The summed E-state index contributed by atoms with van der Waals surface area (Å²) in [5.74, 6) is -1.74. The highest BCUT2D eigenvalue weighted by atomic mass is 79.9. The zero-order valence-electron chi connectivity index (χ0n) is 11.1. The molecule has 0 radical (unpaired) electrons. The van der Waals surface area contributed by atoms with Crippen molar-refractivity contribution in [1.82, 2.24) is 0 Å². The fraction of sp³-hybridized carbons (Fsp3) is 0.0714. The molecule has 122 valence electrons. The van der Waals surface area contributed by atoms with E-state index < -0.39 is 23.4 Å². The van der Waals surface area contributed by atoms with E-state index in [4.69, 9.17) is 12.2 Å². The van der Waals surface area contributed by atoms with Crippen molar-refractivity contribution in [1.29, 1.82) is 0 Å². The molecule has 0 heterocycles. The van der Waals surface area contributed by atoms with Crippen molar-refractivity contribution < 1.29 is 22.0 Å². The first-order valence-corrected chi connectivity index (χ1v) is 7.27. The maximum Gasteiger partial charge on any atom is 0.418 e. The summed E-state index contributed by atoms with van der Waals surface area (Å²) in [7, 11) is 0. The molecular weight excluding hydrogens is 403 g/mol. The highest BCUT2D eigenvalue weighted by Gasteiger charge is 2.33. The van der Waals surface area contributed by atoms with Crippen LogP contribution in [0.4, 0.5) is 33.3 Å². The number of rotatable bonds is 2. The van der Waals surface area contributed by atoms with Crippen LogP contribution in [-0.2, 0) is 6.18 Å². The first kappa shape index (κ1) is 17.6. The minimum atomic E-state index is -4.57. The van der Waals surface area contributed by atoms with Crippen LogP contribution >= 0.6 is 28.1 Å². The summed E-state index contributed by atoms with van der Waals surface area (Å²) < 4.78 is 65.4. The van der Waals surface area contributed by atoms with Crippen LogP contribution in [0.25, 0.3) is 0 Å². The summed E-state index contributed by atoms with van der Waals surface area (Å²) in [4.78, 5) is 0. The van der Waals surface area contributed by atoms with Crippen LogP contribution < -0.4 is 10.6 Å². The van der Waals surface area contributed by atoms with Gasteiger partial charge in [-0.2, -0.15) is 13.2 Å². The lowest BCUT2D eigenvalue weighted by atomic mass is 10.1. The van der Waals surface area contributed by atoms with Crippen LogP contribution in [0.2, 0.25) is 0 Å². The molecule has 9 heteroatoms. The fourth-order valence-electron chi connectivity index (χ4n) is 1.77. The molecule has 0 aliphatic rings. The van der Waals surface area contributed by atoms with Crippen molar-refractivity contribution >= 4 is 44.6 Å². The number of thiocarbonyl (C=S) groups is 1. The quantitative estimate of drug-likeness (QED) is 0.500. The number of hydrogen-bond donors (Lipinski definition) is 2. The molecule has 0 amide bonds. The number of hydrogen-bond acceptors (Lipinski definition) is 1. The molecule has 2 N–H and O–H groups in total. The van der Waals surface area contributed by atoms with Crippen LogP contribution in [0, 0.1) is 11.6 Å². The summed E-state index contributed by atoms with van der Waals surface area (Å²) in [6, 6.07) is 6.33. The van der Waals surface area contributed by atoms with Crippen molar-refractivity contribution in [2.24, 2.45) is 0 Å². The Morgan fingerprint density at radius 1 is 1.04 bits per heavy atom. The number of halogens is 6. The lowest BCUT2D eigenvalue weighted by molar-refractivity contribution is -0.136. The maximum absolute atomic E-state index is 13.7. The maximum atomic E-state index is 13.7. The van der Waals surface area contributed by atoms with Crippen LogP contribution in [0.15, 0.2) is 40.9 Å². The largest absolute Gasteiger partial charge is 0.418 e. The van der Waals surface area contributed by atoms with E-state index in [1.165, 1.54) is 18.2 Å². The van der Waals surface area contributed by atoms with E-state index in [0.29, 0.717) is 6.07 Å². The van der Waals surface area contributed by atoms with Gasteiger partial charge in [0.1, 0.15) is 5.82 Å². The zero-order chi connectivity index (χ0) is 17.2. The first-order valence-electron chi connectivity index (χ1n) is 6.07. The third-order valence-corrected chi connectivity index (χ3v) is 3.56. The number of benzene rings is 2. The SMILES string of the molecule is Fc1cc(F)c(NC(=S)Nc2ccccc2C(F)(F)F)c(Br)c1. The minimum Gasteiger partial charge on any atom is -0.332 e. The molecule has 0 atom stereocenters. The van der Waals surface area contributed by atoms with Gasteiger partial charge >= 0.3 is 6.18 Å². The fourth-order valence-corrected chi connectivity index (χ4v) is 2.49. The van der Waals surface area contributed by atoms with Gasteiger partial charge in [-0.1, -0.05) is 12.1 Å². The molecule has 0 unspecified atom stereocenters. The van der Waals surface area contributed by atoms with E-state index in [1.54, 1.807) is 0 Å². The topological polar surface area (TPSA) is 24.1 Å². The van der Waals surface area contributed by atoms with Crippen molar-refractivity contribution in [3.63, 3.8) is 0 Å². The molecule has 2 nitrogen and oxygen atoms in total. The molecular formula is C14H8BrF5N2S. The predicted molar refractivity (Wildman–Crippen MR) is 85.3 cm³/mol. The summed E-state index contributed by atoms with van der Waals surface area (Å²) in [5, 5.41) is 4.48. The summed E-state index contributed by atoms with van der Waals surface area (Å²) in [6.07, 6.45) is -4.57. The van der Waals surface area contributed by atoms with Crippen LogP contribution in [-0.4, -0.2) is 5.11 Å². The molecule has 0 saturated carbocycles.